The van der Waals surface area contributed by atoms with Crippen molar-refractivity contribution in [3.8, 4) is 5.75 Å². The van der Waals surface area contributed by atoms with E-state index in [0.29, 0.717) is 16.7 Å². The maximum Gasteiger partial charge on any atom is 0.165 e. The molecule has 0 aliphatic heterocycles. The van der Waals surface area contributed by atoms with E-state index in [1.54, 1.807) is 32.0 Å². The molecule has 0 fully saturated rings. The third-order valence-electron chi connectivity index (χ3n) is 3.56. The van der Waals surface area contributed by atoms with Crippen LogP contribution in [0.15, 0.2) is 36.4 Å². The Balaban J connectivity index is 2.27. The van der Waals surface area contributed by atoms with E-state index in [2.05, 4.69) is 0 Å². The van der Waals surface area contributed by atoms with Gasteiger partial charge in [0.05, 0.1) is 12.7 Å². The minimum absolute atomic E-state index is 0.153. The van der Waals surface area contributed by atoms with Crippen molar-refractivity contribution in [1.82, 2.24) is 0 Å². The van der Waals surface area contributed by atoms with E-state index in [-0.39, 0.29) is 18.0 Å². The van der Waals surface area contributed by atoms with Gasteiger partial charge in [-0.3, -0.25) is 0 Å². The molecular weight excluding hydrogens is 274 g/mol. The Labute approximate surface area is 123 Å². The van der Waals surface area contributed by atoms with Crippen LogP contribution in [0.4, 0.5) is 8.78 Å². The largest absolute Gasteiger partial charge is 0.494 e. The van der Waals surface area contributed by atoms with E-state index < -0.39 is 11.4 Å². The molecule has 0 aliphatic rings. The first-order valence-electron chi connectivity index (χ1n) is 6.65. The molecule has 21 heavy (non-hydrogen) atoms. The van der Waals surface area contributed by atoms with Crippen LogP contribution in [0.5, 0.6) is 5.75 Å². The Morgan fingerprint density at radius 2 is 1.81 bits per heavy atom. The van der Waals surface area contributed by atoms with Gasteiger partial charge in [0.25, 0.3) is 0 Å². The summed E-state index contributed by atoms with van der Waals surface area (Å²) in [5, 5.41) is 10.6. The van der Waals surface area contributed by atoms with Gasteiger partial charge in [-0.05, 0) is 48.7 Å². The van der Waals surface area contributed by atoms with Gasteiger partial charge in [-0.25, -0.2) is 8.78 Å². The molecule has 0 bridgehead atoms. The molecule has 4 heteroatoms. The Bertz CT molecular complexity index is 651. The molecule has 2 aromatic carbocycles. The smallest absolute Gasteiger partial charge is 0.165 e. The molecule has 2 rings (SSSR count). The number of benzene rings is 2. The monoisotopic (exact) mass is 292 g/mol. The fourth-order valence-corrected chi connectivity index (χ4v) is 2.25. The lowest BCUT2D eigenvalue weighted by Crippen LogP contribution is -2.24. The van der Waals surface area contributed by atoms with Gasteiger partial charge in [0.15, 0.2) is 11.6 Å². The molecule has 0 saturated heterocycles. The lowest BCUT2D eigenvalue weighted by Gasteiger charge is -2.24. The van der Waals surface area contributed by atoms with Crippen molar-refractivity contribution < 1.29 is 18.6 Å². The Morgan fingerprint density at radius 1 is 1.10 bits per heavy atom. The Morgan fingerprint density at radius 3 is 2.38 bits per heavy atom. The number of rotatable bonds is 4. The zero-order valence-electron chi connectivity index (χ0n) is 12.3. The number of methoxy groups -OCH3 is 1. The predicted octanol–water partition coefficient (Wildman–Crippen LogP) is 3.73. The summed E-state index contributed by atoms with van der Waals surface area (Å²) in [5.41, 5.74) is 0.307. The van der Waals surface area contributed by atoms with Crippen LogP contribution in [0.25, 0.3) is 0 Å². The van der Waals surface area contributed by atoms with Gasteiger partial charge in [-0.2, -0.15) is 0 Å². The first-order chi connectivity index (χ1) is 9.83. The van der Waals surface area contributed by atoms with Gasteiger partial charge in [0, 0.05) is 6.42 Å². The Kier molecular flexibility index (Phi) is 4.28. The molecule has 112 valence electrons. The quantitative estimate of drug-likeness (QED) is 0.930. The van der Waals surface area contributed by atoms with Crippen LogP contribution in [0.1, 0.15) is 23.6 Å². The van der Waals surface area contributed by atoms with Gasteiger partial charge in [-0.15, -0.1) is 0 Å². The highest BCUT2D eigenvalue weighted by Gasteiger charge is 2.25. The number of aryl methyl sites for hydroxylation is 1. The number of halogens is 2. The van der Waals surface area contributed by atoms with Crippen LogP contribution in [0, 0.1) is 18.6 Å². The second-order valence-electron chi connectivity index (χ2n) is 5.38. The molecule has 1 unspecified atom stereocenters. The SMILES string of the molecule is COc1ccc(CC(C)(O)c2ccc(C)c(F)c2)cc1F. The van der Waals surface area contributed by atoms with E-state index >= 15 is 0 Å². The van der Waals surface area contributed by atoms with Crippen LogP contribution < -0.4 is 4.74 Å². The predicted molar refractivity (Wildman–Crippen MR) is 77.4 cm³/mol. The van der Waals surface area contributed by atoms with E-state index in [4.69, 9.17) is 4.74 Å². The van der Waals surface area contributed by atoms with Crippen molar-refractivity contribution >= 4 is 0 Å². The van der Waals surface area contributed by atoms with Crippen LogP contribution in [0.3, 0.4) is 0 Å². The van der Waals surface area contributed by atoms with Crippen molar-refractivity contribution in [2.45, 2.75) is 25.9 Å². The van der Waals surface area contributed by atoms with Crippen LogP contribution in [-0.2, 0) is 12.0 Å². The Hall–Kier alpha value is -1.94. The zero-order chi connectivity index (χ0) is 15.6. The summed E-state index contributed by atoms with van der Waals surface area (Å²) in [7, 11) is 1.39. The highest BCUT2D eigenvalue weighted by atomic mass is 19.1. The minimum Gasteiger partial charge on any atom is -0.494 e. The number of aliphatic hydroxyl groups is 1. The average Bonchev–Trinajstić information content (AvgIpc) is 2.41. The maximum absolute atomic E-state index is 13.7. The third kappa shape index (κ3) is 3.39. The minimum atomic E-state index is -1.28. The molecule has 1 N–H and O–H groups in total. The summed E-state index contributed by atoms with van der Waals surface area (Å²) in [6.45, 7) is 3.24. The molecular formula is C17H18F2O2. The molecule has 0 heterocycles. The van der Waals surface area contributed by atoms with Gasteiger partial charge in [-0.1, -0.05) is 18.2 Å². The highest BCUT2D eigenvalue weighted by Crippen LogP contribution is 2.28. The van der Waals surface area contributed by atoms with Crippen molar-refractivity contribution in [2.24, 2.45) is 0 Å². The van der Waals surface area contributed by atoms with Crippen LogP contribution in [0.2, 0.25) is 0 Å². The molecule has 1 atom stereocenters. The summed E-state index contributed by atoms with van der Waals surface area (Å²) in [5.74, 6) is -0.700. The summed E-state index contributed by atoms with van der Waals surface area (Å²) in [6.07, 6.45) is 0.177. The number of hydrogen-bond acceptors (Lipinski definition) is 2. The van der Waals surface area contributed by atoms with E-state index in [0.717, 1.165) is 0 Å². The normalized spacial score (nSPS) is 13.8. The molecule has 0 radical (unpaired) electrons. The first-order valence-corrected chi connectivity index (χ1v) is 6.65. The summed E-state index contributed by atoms with van der Waals surface area (Å²) >= 11 is 0. The number of hydrogen-bond donors (Lipinski definition) is 1. The molecule has 2 aromatic rings. The molecule has 2 nitrogen and oxygen atoms in total. The van der Waals surface area contributed by atoms with Gasteiger partial charge in [0.1, 0.15) is 5.82 Å². The first kappa shape index (κ1) is 15.4. The fourth-order valence-electron chi connectivity index (χ4n) is 2.25. The van der Waals surface area contributed by atoms with Crippen LogP contribution >= 0.6 is 0 Å². The molecule has 0 aliphatic carbocycles. The zero-order valence-corrected chi connectivity index (χ0v) is 12.3. The average molecular weight is 292 g/mol. The topological polar surface area (TPSA) is 29.5 Å². The van der Waals surface area contributed by atoms with Crippen molar-refractivity contribution in [2.75, 3.05) is 7.11 Å². The molecule has 0 saturated carbocycles. The van der Waals surface area contributed by atoms with Crippen LogP contribution in [-0.4, -0.2) is 12.2 Å². The fraction of sp³-hybridized carbons (Fsp3) is 0.294. The lowest BCUT2D eigenvalue weighted by atomic mass is 9.88. The summed E-state index contributed by atoms with van der Waals surface area (Å²) < 4.78 is 32.2. The lowest BCUT2D eigenvalue weighted by molar-refractivity contribution is 0.0572. The van der Waals surface area contributed by atoms with Gasteiger partial charge >= 0.3 is 0 Å². The highest BCUT2D eigenvalue weighted by molar-refractivity contribution is 5.33. The van der Waals surface area contributed by atoms with E-state index in [9.17, 15) is 13.9 Å². The second kappa shape index (κ2) is 5.82. The van der Waals surface area contributed by atoms with E-state index in [1.165, 1.54) is 25.3 Å². The van der Waals surface area contributed by atoms with Crippen molar-refractivity contribution in [3.05, 3.63) is 64.7 Å². The van der Waals surface area contributed by atoms with Gasteiger partial charge in [0.2, 0.25) is 0 Å². The molecule has 0 spiro atoms. The second-order valence-corrected chi connectivity index (χ2v) is 5.38. The summed E-state index contributed by atoms with van der Waals surface area (Å²) in [4.78, 5) is 0. The molecule has 0 aromatic heterocycles. The summed E-state index contributed by atoms with van der Waals surface area (Å²) in [6, 6.07) is 9.12. The van der Waals surface area contributed by atoms with Crippen molar-refractivity contribution in [1.29, 1.82) is 0 Å². The van der Waals surface area contributed by atoms with E-state index in [1.807, 2.05) is 0 Å². The number of ether oxygens (including phenoxy) is 1. The standard InChI is InChI=1S/C17H18F2O2/c1-11-4-6-13(9-14(11)18)17(2,20)10-12-5-7-16(21-3)15(19)8-12/h4-9,20H,10H2,1-3H3. The molecule has 0 amide bonds. The third-order valence-corrected chi connectivity index (χ3v) is 3.56. The van der Waals surface area contributed by atoms with Gasteiger partial charge < -0.3 is 9.84 Å². The van der Waals surface area contributed by atoms with Crippen molar-refractivity contribution in [3.63, 3.8) is 0 Å². The maximum atomic E-state index is 13.7.